The molecule has 0 spiro atoms. The lowest BCUT2D eigenvalue weighted by Crippen LogP contribution is -2.21. The lowest BCUT2D eigenvalue weighted by atomic mass is 10.1. The molecule has 0 bridgehead atoms. The van der Waals surface area contributed by atoms with Gasteiger partial charge in [0.1, 0.15) is 0 Å². The zero-order valence-corrected chi connectivity index (χ0v) is 22.2. The van der Waals surface area contributed by atoms with Crippen LogP contribution in [0.4, 0.5) is 0 Å². The molecule has 0 radical (unpaired) electrons. The number of aliphatic hydroxyl groups is 2. The van der Waals surface area contributed by atoms with Crippen LogP contribution >= 0.6 is 0 Å². The largest absolute Gasteiger partial charge is 0.395 e. The van der Waals surface area contributed by atoms with Crippen LogP contribution < -0.4 is 5.32 Å². The number of unbranched alkanes of at least 4 members (excludes halogenated alkanes) is 18. The molecule has 0 saturated carbocycles. The third kappa shape index (κ3) is 37.2. The number of rotatable bonds is 26. The zero-order chi connectivity index (χ0) is 23.8. The third-order valence-electron chi connectivity index (χ3n) is 5.86. The fourth-order valence-corrected chi connectivity index (χ4v) is 3.77. The summed E-state index contributed by atoms with van der Waals surface area (Å²) in [5.41, 5.74) is 0. The van der Waals surface area contributed by atoms with Crippen LogP contribution in [-0.2, 0) is 4.74 Å². The van der Waals surface area contributed by atoms with Gasteiger partial charge in [-0.05, 0) is 12.8 Å². The summed E-state index contributed by atoms with van der Waals surface area (Å²) in [6.07, 6.45) is 28.2. The summed E-state index contributed by atoms with van der Waals surface area (Å²) in [7, 11) is 0. The molecule has 0 aromatic rings. The van der Waals surface area contributed by atoms with E-state index in [0.29, 0.717) is 13.1 Å². The molecule has 0 rings (SSSR count). The van der Waals surface area contributed by atoms with Gasteiger partial charge in [-0.3, -0.25) is 0 Å². The Morgan fingerprint density at radius 3 is 1.00 bits per heavy atom. The van der Waals surface area contributed by atoms with Crippen molar-refractivity contribution in [1.82, 2.24) is 5.32 Å². The van der Waals surface area contributed by atoms with Gasteiger partial charge in [0.2, 0.25) is 0 Å². The highest BCUT2D eigenvalue weighted by molar-refractivity contribution is 4.49. The Hall–Kier alpha value is -0.160. The summed E-state index contributed by atoms with van der Waals surface area (Å²) < 4.78 is 5.78. The van der Waals surface area contributed by atoms with Crippen molar-refractivity contribution < 1.29 is 14.9 Å². The van der Waals surface area contributed by atoms with Gasteiger partial charge < -0.3 is 20.3 Å². The Kier molecular flexibility index (Phi) is 37.7. The maximum absolute atomic E-state index is 8.15. The normalized spacial score (nSPS) is 10.9. The summed E-state index contributed by atoms with van der Waals surface area (Å²) in [6.45, 7) is 7.99. The fourth-order valence-electron chi connectivity index (χ4n) is 3.77. The second kappa shape index (κ2) is 35.4. The summed E-state index contributed by atoms with van der Waals surface area (Å²) in [5, 5.41) is 19.1. The van der Waals surface area contributed by atoms with Gasteiger partial charge in [-0.15, -0.1) is 0 Å². The second-order valence-electron chi connectivity index (χ2n) is 9.17. The van der Waals surface area contributed by atoms with E-state index >= 15 is 0 Å². The van der Waals surface area contributed by atoms with Crippen molar-refractivity contribution in [2.45, 2.75) is 142 Å². The van der Waals surface area contributed by atoms with Gasteiger partial charge in [-0.1, -0.05) is 129 Å². The molecule has 0 aliphatic carbocycles. The molecule has 0 heterocycles. The van der Waals surface area contributed by atoms with E-state index in [1.165, 1.54) is 128 Å². The molecule has 0 fully saturated rings. The van der Waals surface area contributed by atoms with Gasteiger partial charge in [0, 0.05) is 26.3 Å². The second-order valence-corrected chi connectivity index (χ2v) is 9.17. The average Bonchev–Trinajstić information content (AvgIpc) is 2.81. The molecular weight excluding hydrogens is 398 g/mol. The molecule has 0 aliphatic heterocycles. The highest BCUT2D eigenvalue weighted by Gasteiger charge is 1.95. The van der Waals surface area contributed by atoms with Crippen molar-refractivity contribution >= 4 is 0 Å². The molecule has 3 N–H and O–H groups in total. The summed E-state index contributed by atoms with van der Waals surface area (Å²) in [4.78, 5) is 0. The smallest absolute Gasteiger partial charge is 0.0555 e. The van der Waals surface area contributed by atoms with Crippen molar-refractivity contribution in [3.63, 3.8) is 0 Å². The van der Waals surface area contributed by atoms with E-state index in [0.717, 1.165) is 13.2 Å². The van der Waals surface area contributed by atoms with Crippen LogP contribution in [0.5, 0.6) is 0 Å². The molecule has 0 unspecified atom stereocenters. The topological polar surface area (TPSA) is 61.7 Å². The third-order valence-corrected chi connectivity index (χ3v) is 5.86. The SMILES string of the molecule is CCCCCCCCCCCCOCCCCCCCCCCCC.OCCNCCO. The van der Waals surface area contributed by atoms with Crippen molar-refractivity contribution in [3.05, 3.63) is 0 Å². The molecule has 0 saturated heterocycles. The summed E-state index contributed by atoms with van der Waals surface area (Å²) in [6, 6.07) is 0. The van der Waals surface area contributed by atoms with E-state index < -0.39 is 0 Å². The highest BCUT2D eigenvalue weighted by Crippen LogP contribution is 2.12. The first-order valence-electron chi connectivity index (χ1n) is 14.3. The zero-order valence-electron chi connectivity index (χ0n) is 22.2. The molecule has 0 aromatic carbocycles. The van der Waals surface area contributed by atoms with Crippen molar-refractivity contribution in [2.75, 3.05) is 39.5 Å². The fraction of sp³-hybridized carbons (Fsp3) is 1.00. The Balaban J connectivity index is 0. The molecule has 32 heavy (non-hydrogen) atoms. The minimum Gasteiger partial charge on any atom is -0.395 e. The van der Waals surface area contributed by atoms with Gasteiger partial charge >= 0.3 is 0 Å². The standard InChI is InChI=1S/C24H50O.C4H11NO2/c1-3-5-7-9-11-13-15-17-19-21-23-25-24-22-20-18-16-14-12-10-8-6-4-2;6-3-1-5-2-4-7/h3-24H2,1-2H3;5-7H,1-4H2. The number of nitrogens with one attached hydrogen (secondary N) is 1. The minimum atomic E-state index is 0.139. The number of aliphatic hydroxyl groups excluding tert-OH is 2. The van der Waals surface area contributed by atoms with E-state index in [4.69, 9.17) is 14.9 Å². The van der Waals surface area contributed by atoms with Crippen LogP contribution in [0.2, 0.25) is 0 Å². The van der Waals surface area contributed by atoms with Crippen molar-refractivity contribution in [1.29, 1.82) is 0 Å². The van der Waals surface area contributed by atoms with Crippen LogP contribution in [0.3, 0.4) is 0 Å². The minimum absolute atomic E-state index is 0.139. The highest BCUT2D eigenvalue weighted by atomic mass is 16.5. The van der Waals surface area contributed by atoms with Crippen molar-refractivity contribution in [3.8, 4) is 0 Å². The number of ether oxygens (including phenoxy) is 1. The first-order chi connectivity index (χ1) is 15.8. The number of hydrogen-bond acceptors (Lipinski definition) is 4. The lowest BCUT2D eigenvalue weighted by molar-refractivity contribution is 0.125. The van der Waals surface area contributed by atoms with Crippen LogP contribution in [0, 0.1) is 0 Å². The lowest BCUT2D eigenvalue weighted by Gasteiger charge is -2.05. The Morgan fingerprint density at radius 1 is 0.438 bits per heavy atom. The maximum Gasteiger partial charge on any atom is 0.0555 e. The molecular formula is C28H61NO3. The van der Waals surface area contributed by atoms with E-state index in [-0.39, 0.29) is 13.2 Å². The maximum atomic E-state index is 8.15. The first-order valence-corrected chi connectivity index (χ1v) is 14.3. The summed E-state index contributed by atoms with van der Waals surface area (Å²) >= 11 is 0. The van der Waals surface area contributed by atoms with Crippen LogP contribution in [0.1, 0.15) is 142 Å². The van der Waals surface area contributed by atoms with E-state index in [2.05, 4.69) is 19.2 Å². The average molecular weight is 460 g/mol. The molecule has 4 heteroatoms. The van der Waals surface area contributed by atoms with Gasteiger partial charge in [0.25, 0.3) is 0 Å². The van der Waals surface area contributed by atoms with Gasteiger partial charge in [-0.25, -0.2) is 0 Å². The van der Waals surface area contributed by atoms with Crippen molar-refractivity contribution in [2.24, 2.45) is 0 Å². The van der Waals surface area contributed by atoms with E-state index in [1.807, 2.05) is 0 Å². The number of hydrogen-bond donors (Lipinski definition) is 3. The molecule has 0 amide bonds. The van der Waals surface area contributed by atoms with Crippen LogP contribution in [0.15, 0.2) is 0 Å². The van der Waals surface area contributed by atoms with Crippen LogP contribution in [-0.4, -0.2) is 49.7 Å². The Labute approximate surface area is 202 Å². The van der Waals surface area contributed by atoms with Gasteiger partial charge in [-0.2, -0.15) is 0 Å². The molecule has 0 aliphatic rings. The Bertz CT molecular complexity index is 264. The van der Waals surface area contributed by atoms with E-state index in [9.17, 15) is 0 Å². The predicted octanol–water partition coefficient (Wildman–Crippen LogP) is 7.41. The monoisotopic (exact) mass is 459 g/mol. The quantitative estimate of drug-likeness (QED) is 0.118. The molecule has 4 nitrogen and oxygen atoms in total. The van der Waals surface area contributed by atoms with Crippen LogP contribution in [0.25, 0.3) is 0 Å². The summed E-state index contributed by atoms with van der Waals surface area (Å²) in [5.74, 6) is 0. The first kappa shape index (κ1) is 34.0. The molecule has 196 valence electrons. The predicted molar refractivity (Wildman–Crippen MR) is 142 cm³/mol. The molecule has 0 atom stereocenters. The molecule has 0 aromatic heterocycles. The van der Waals surface area contributed by atoms with Gasteiger partial charge in [0.15, 0.2) is 0 Å². The van der Waals surface area contributed by atoms with Gasteiger partial charge in [0.05, 0.1) is 13.2 Å². The Morgan fingerprint density at radius 2 is 0.719 bits per heavy atom. The van der Waals surface area contributed by atoms with E-state index in [1.54, 1.807) is 0 Å².